The largest absolute Gasteiger partial charge is 0.349 e. The van der Waals surface area contributed by atoms with Gasteiger partial charge in [0.1, 0.15) is 16.5 Å². The molecule has 1 aliphatic rings. The summed E-state index contributed by atoms with van der Waals surface area (Å²) in [5.41, 5.74) is 0.841. The van der Waals surface area contributed by atoms with Gasteiger partial charge in [0.15, 0.2) is 0 Å². The molecule has 0 fully saturated rings. The Hall–Kier alpha value is -1.25. The van der Waals surface area contributed by atoms with E-state index < -0.39 is 32.6 Å². The van der Waals surface area contributed by atoms with E-state index in [4.69, 9.17) is 0 Å². The van der Waals surface area contributed by atoms with Crippen LogP contribution in [0.1, 0.15) is 18.7 Å². The van der Waals surface area contributed by atoms with E-state index in [9.17, 15) is 17.2 Å². The van der Waals surface area contributed by atoms with Gasteiger partial charge in [-0.25, -0.2) is 17.2 Å². The Balaban J connectivity index is 2.09. The molecule has 8 heteroatoms. The number of hydrogen-bond acceptors (Lipinski definition) is 2. The molecule has 0 N–H and O–H groups in total. The molecule has 1 aromatic heterocycles. The molecule has 0 saturated carbocycles. The summed E-state index contributed by atoms with van der Waals surface area (Å²) in [6, 6.07) is 4.78. The molecule has 0 spiro atoms. The van der Waals surface area contributed by atoms with E-state index in [1.54, 1.807) is 6.92 Å². The fourth-order valence-electron chi connectivity index (χ4n) is 2.78. The van der Waals surface area contributed by atoms with Gasteiger partial charge in [-0.05, 0) is 41.1 Å². The fraction of sp³-hybridized carbons (Fsp3) is 0.286. The molecular formula is C14H13BrF2N2O2S. The molecule has 1 atom stereocenters. The van der Waals surface area contributed by atoms with Gasteiger partial charge in [0, 0.05) is 35.5 Å². The predicted octanol–water partition coefficient (Wildman–Crippen LogP) is 3.29. The van der Waals surface area contributed by atoms with Crippen LogP contribution in [0.2, 0.25) is 0 Å². The first-order valence-corrected chi connectivity index (χ1v) is 8.87. The van der Waals surface area contributed by atoms with Gasteiger partial charge in [-0.2, -0.15) is 4.31 Å². The maximum atomic E-state index is 14.0. The zero-order valence-corrected chi connectivity index (χ0v) is 14.0. The Morgan fingerprint density at radius 2 is 2.00 bits per heavy atom. The maximum Gasteiger partial charge on any atom is 0.247 e. The van der Waals surface area contributed by atoms with Crippen molar-refractivity contribution in [3.05, 3.63) is 52.3 Å². The molecule has 0 saturated heterocycles. The minimum atomic E-state index is -4.08. The monoisotopic (exact) mass is 390 g/mol. The van der Waals surface area contributed by atoms with Crippen LogP contribution in [0.4, 0.5) is 8.78 Å². The number of hydrogen-bond donors (Lipinski definition) is 0. The fourth-order valence-corrected chi connectivity index (χ4v) is 5.49. The molecule has 118 valence electrons. The summed E-state index contributed by atoms with van der Waals surface area (Å²) in [6.07, 6.45) is 1.88. The Morgan fingerprint density at radius 3 is 2.68 bits per heavy atom. The van der Waals surface area contributed by atoms with E-state index >= 15 is 0 Å². The predicted molar refractivity (Wildman–Crippen MR) is 80.8 cm³/mol. The summed E-state index contributed by atoms with van der Waals surface area (Å²) in [5.74, 6) is -1.93. The second-order valence-electron chi connectivity index (χ2n) is 5.12. The van der Waals surface area contributed by atoms with E-state index in [-0.39, 0.29) is 11.0 Å². The molecule has 2 heterocycles. The van der Waals surface area contributed by atoms with Crippen molar-refractivity contribution in [2.45, 2.75) is 24.4 Å². The molecular weight excluding hydrogens is 378 g/mol. The highest BCUT2D eigenvalue weighted by Crippen LogP contribution is 2.35. The van der Waals surface area contributed by atoms with Crippen LogP contribution >= 0.6 is 15.9 Å². The van der Waals surface area contributed by atoms with Crippen molar-refractivity contribution in [3.63, 3.8) is 0 Å². The minimum absolute atomic E-state index is 0.113. The third kappa shape index (κ3) is 2.39. The van der Waals surface area contributed by atoms with E-state index in [0.29, 0.717) is 12.6 Å². The van der Waals surface area contributed by atoms with Crippen LogP contribution in [0.25, 0.3) is 0 Å². The number of sulfonamides is 1. The SMILES string of the molecule is CC1c2cccn2CCN1S(=O)(=O)c1c(F)cc(F)cc1Br. The second-order valence-corrected chi connectivity index (χ2v) is 7.80. The third-order valence-electron chi connectivity index (χ3n) is 3.82. The zero-order chi connectivity index (χ0) is 16.1. The van der Waals surface area contributed by atoms with Crippen LogP contribution in [0.3, 0.4) is 0 Å². The molecule has 4 nitrogen and oxygen atoms in total. The Morgan fingerprint density at radius 1 is 1.27 bits per heavy atom. The van der Waals surface area contributed by atoms with Crippen LogP contribution in [0.5, 0.6) is 0 Å². The molecule has 22 heavy (non-hydrogen) atoms. The molecule has 2 aromatic rings. The lowest BCUT2D eigenvalue weighted by Crippen LogP contribution is -2.41. The smallest absolute Gasteiger partial charge is 0.247 e. The van der Waals surface area contributed by atoms with Crippen molar-refractivity contribution >= 4 is 26.0 Å². The first-order valence-electron chi connectivity index (χ1n) is 6.64. The number of nitrogens with zero attached hydrogens (tertiary/aromatic N) is 2. The normalized spacial score (nSPS) is 19.2. The Bertz CT molecular complexity index is 812. The van der Waals surface area contributed by atoms with E-state index in [1.807, 2.05) is 22.9 Å². The standard InChI is InChI=1S/C14H13BrF2N2O2S/c1-9-13-3-2-4-18(13)5-6-19(9)22(20,21)14-11(15)7-10(16)8-12(14)17/h2-4,7-9H,5-6H2,1H3. The first kappa shape index (κ1) is 15.6. The van der Waals surface area contributed by atoms with Gasteiger partial charge >= 0.3 is 0 Å². The van der Waals surface area contributed by atoms with Gasteiger partial charge in [-0.1, -0.05) is 0 Å². The molecule has 3 rings (SSSR count). The summed E-state index contributed by atoms with van der Waals surface area (Å²) in [4.78, 5) is -0.527. The van der Waals surface area contributed by atoms with E-state index in [1.165, 1.54) is 4.31 Å². The lowest BCUT2D eigenvalue weighted by Gasteiger charge is -2.34. The zero-order valence-electron chi connectivity index (χ0n) is 11.6. The summed E-state index contributed by atoms with van der Waals surface area (Å²) in [7, 11) is -4.08. The lowest BCUT2D eigenvalue weighted by molar-refractivity contribution is 0.281. The highest BCUT2D eigenvalue weighted by atomic mass is 79.9. The number of rotatable bonds is 2. The molecule has 0 amide bonds. The highest BCUT2D eigenvalue weighted by molar-refractivity contribution is 9.10. The Labute approximate surface area is 135 Å². The van der Waals surface area contributed by atoms with Crippen molar-refractivity contribution in [2.24, 2.45) is 0 Å². The third-order valence-corrected chi connectivity index (χ3v) is 6.75. The molecule has 0 radical (unpaired) electrons. The summed E-state index contributed by atoms with van der Waals surface area (Å²) >= 11 is 2.95. The van der Waals surface area contributed by atoms with Crippen molar-refractivity contribution in [1.29, 1.82) is 0 Å². The van der Waals surface area contributed by atoms with Crippen LogP contribution < -0.4 is 0 Å². The quantitative estimate of drug-likeness (QED) is 0.789. The van der Waals surface area contributed by atoms with E-state index in [2.05, 4.69) is 15.9 Å². The minimum Gasteiger partial charge on any atom is -0.349 e. The number of benzene rings is 1. The van der Waals surface area contributed by atoms with Gasteiger partial charge in [0.05, 0.1) is 6.04 Å². The van der Waals surface area contributed by atoms with Crippen molar-refractivity contribution < 1.29 is 17.2 Å². The van der Waals surface area contributed by atoms with Gasteiger partial charge in [0.2, 0.25) is 10.0 Å². The van der Waals surface area contributed by atoms with Crippen LogP contribution in [-0.2, 0) is 16.6 Å². The summed E-state index contributed by atoms with van der Waals surface area (Å²) < 4.78 is 55.9. The number of fused-ring (bicyclic) bond motifs is 1. The molecule has 1 unspecified atom stereocenters. The number of aromatic nitrogens is 1. The lowest BCUT2D eigenvalue weighted by atomic mass is 10.2. The van der Waals surface area contributed by atoms with Gasteiger partial charge in [-0.3, -0.25) is 0 Å². The topological polar surface area (TPSA) is 42.3 Å². The molecule has 1 aromatic carbocycles. The van der Waals surface area contributed by atoms with Crippen LogP contribution in [-0.4, -0.2) is 23.8 Å². The highest BCUT2D eigenvalue weighted by Gasteiger charge is 2.36. The van der Waals surface area contributed by atoms with Crippen molar-refractivity contribution in [2.75, 3.05) is 6.54 Å². The van der Waals surface area contributed by atoms with Crippen molar-refractivity contribution in [3.8, 4) is 0 Å². The second kappa shape index (κ2) is 5.43. The Kier molecular flexibility index (Phi) is 3.86. The van der Waals surface area contributed by atoms with Gasteiger partial charge < -0.3 is 4.57 Å². The first-order chi connectivity index (χ1) is 10.3. The molecule has 1 aliphatic heterocycles. The maximum absolute atomic E-state index is 14.0. The number of halogens is 3. The van der Waals surface area contributed by atoms with Crippen molar-refractivity contribution in [1.82, 2.24) is 8.87 Å². The summed E-state index contributed by atoms with van der Waals surface area (Å²) in [5, 5.41) is 0. The summed E-state index contributed by atoms with van der Waals surface area (Å²) in [6.45, 7) is 2.47. The van der Waals surface area contributed by atoms with Crippen LogP contribution in [0.15, 0.2) is 39.8 Å². The average Bonchev–Trinajstić information content (AvgIpc) is 2.86. The van der Waals surface area contributed by atoms with Crippen LogP contribution in [0, 0.1) is 11.6 Å². The molecule has 0 aliphatic carbocycles. The molecule has 0 bridgehead atoms. The van der Waals surface area contributed by atoms with Gasteiger partial charge in [0.25, 0.3) is 0 Å². The average molecular weight is 391 g/mol. The van der Waals surface area contributed by atoms with Gasteiger partial charge in [-0.15, -0.1) is 0 Å². The van der Waals surface area contributed by atoms with E-state index in [0.717, 1.165) is 11.8 Å².